The van der Waals surface area contributed by atoms with Gasteiger partial charge in [0.1, 0.15) is 5.78 Å². The summed E-state index contributed by atoms with van der Waals surface area (Å²) in [5.41, 5.74) is 0. The van der Waals surface area contributed by atoms with Crippen molar-refractivity contribution in [2.45, 2.75) is 102 Å². The fraction of sp³-hybridized carbons (Fsp3) is 0.900. The topological polar surface area (TPSA) is 115 Å². The third kappa shape index (κ3) is 9.10. The van der Waals surface area contributed by atoms with Gasteiger partial charge < -0.3 is 20.4 Å². The minimum absolute atomic E-state index is 0.0760. The third-order valence-corrected chi connectivity index (χ3v) is 5.48. The van der Waals surface area contributed by atoms with Crippen LogP contribution in [-0.2, 0) is 9.59 Å². The van der Waals surface area contributed by atoms with Gasteiger partial charge >= 0.3 is 5.97 Å². The number of ketones is 1. The largest absolute Gasteiger partial charge is 0.481 e. The predicted octanol–water partition coefficient (Wildman–Crippen LogP) is 2.67. The van der Waals surface area contributed by atoms with Crippen LogP contribution in [0.25, 0.3) is 0 Å². The molecule has 1 aliphatic carbocycles. The molecule has 4 N–H and O–H groups in total. The lowest BCUT2D eigenvalue weighted by Crippen LogP contribution is -2.22. The summed E-state index contributed by atoms with van der Waals surface area (Å²) in [5, 5.41) is 38.1. The first-order valence-electron chi connectivity index (χ1n) is 10.1. The highest BCUT2D eigenvalue weighted by Gasteiger charge is 2.40. The molecule has 1 fully saturated rings. The van der Waals surface area contributed by atoms with Crippen molar-refractivity contribution in [3.63, 3.8) is 0 Å². The quantitative estimate of drug-likeness (QED) is 0.349. The molecule has 152 valence electrons. The number of carbonyl (C=O) groups excluding carboxylic acids is 1. The van der Waals surface area contributed by atoms with Crippen LogP contribution in [-0.4, -0.2) is 50.5 Å². The van der Waals surface area contributed by atoms with Gasteiger partial charge in [-0.05, 0) is 57.8 Å². The molecule has 5 atom stereocenters. The molecule has 0 aromatic carbocycles. The Morgan fingerprint density at radius 3 is 2.38 bits per heavy atom. The van der Waals surface area contributed by atoms with E-state index in [1.54, 1.807) is 6.92 Å². The van der Waals surface area contributed by atoms with Crippen LogP contribution in [0.15, 0.2) is 0 Å². The van der Waals surface area contributed by atoms with Crippen LogP contribution in [0, 0.1) is 11.8 Å². The van der Waals surface area contributed by atoms with E-state index in [2.05, 4.69) is 0 Å². The lowest BCUT2D eigenvalue weighted by Gasteiger charge is -2.22. The summed E-state index contributed by atoms with van der Waals surface area (Å²) < 4.78 is 0. The number of carboxylic acids is 1. The van der Waals surface area contributed by atoms with Crippen molar-refractivity contribution in [2.75, 3.05) is 0 Å². The second-order valence-electron chi connectivity index (χ2n) is 7.87. The van der Waals surface area contributed by atoms with E-state index >= 15 is 0 Å². The van der Waals surface area contributed by atoms with Crippen LogP contribution in [0.2, 0.25) is 0 Å². The minimum Gasteiger partial charge on any atom is -0.481 e. The van der Waals surface area contributed by atoms with Gasteiger partial charge in [0.25, 0.3) is 0 Å². The van der Waals surface area contributed by atoms with Crippen LogP contribution < -0.4 is 0 Å². The maximum atomic E-state index is 12.2. The molecule has 1 saturated carbocycles. The Kier molecular flexibility index (Phi) is 11.0. The van der Waals surface area contributed by atoms with Gasteiger partial charge in [-0.25, -0.2) is 0 Å². The van der Waals surface area contributed by atoms with Gasteiger partial charge in [-0.2, -0.15) is 0 Å². The van der Waals surface area contributed by atoms with E-state index in [0.717, 1.165) is 32.1 Å². The molecule has 26 heavy (non-hydrogen) atoms. The van der Waals surface area contributed by atoms with Crippen molar-refractivity contribution >= 4 is 11.8 Å². The molecule has 0 spiro atoms. The highest BCUT2D eigenvalue weighted by Crippen LogP contribution is 2.36. The van der Waals surface area contributed by atoms with Crippen molar-refractivity contribution in [2.24, 2.45) is 11.8 Å². The number of aliphatic hydroxyl groups is 3. The number of Topliss-reactive ketones (excluding diaryl/α,β-unsaturated/α-hetero) is 1. The average molecular weight is 373 g/mol. The van der Waals surface area contributed by atoms with E-state index in [1.165, 1.54) is 0 Å². The number of unbranched alkanes of at least 4 members (excludes halogenated alkanes) is 3. The molecule has 1 aliphatic rings. The molecule has 0 radical (unpaired) electrons. The molecule has 1 rings (SSSR count). The van der Waals surface area contributed by atoms with Gasteiger partial charge in [0, 0.05) is 18.8 Å². The van der Waals surface area contributed by atoms with Gasteiger partial charge in [0.15, 0.2) is 0 Å². The van der Waals surface area contributed by atoms with Gasteiger partial charge in [-0.1, -0.05) is 19.3 Å². The van der Waals surface area contributed by atoms with Crippen LogP contribution in [0.3, 0.4) is 0 Å². The molecule has 6 nitrogen and oxygen atoms in total. The normalized spacial score (nSPS) is 25.4. The number of hydrogen-bond acceptors (Lipinski definition) is 5. The molecule has 0 unspecified atom stereocenters. The highest BCUT2D eigenvalue weighted by atomic mass is 16.4. The van der Waals surface area contributed by atoms with Crippen LogP contribution >= 0.6 is 0 Å². The van der Waals surface area contributed by atoms with Crippen molar-refractivity contribution in [3.8, 4) is 0 Å². The molecule has 0 amide bonds. The van der Waals surface area contributed by atoms with Crippen molar-refractivity contribution in [1.82, 2.24) is 0 Å². The number of rotatable bonds is 14. The molecular weight excluding hydrogens is 336 g/mol. The van der Waals surface area contributed by atoms with Crippen molar-refractivity contribution in [1.29, 1.82) is 0 Å². The zero-order chi connectivity index (χ0) is 19.5. The second-order valence-corrected chi connectivity index (χ2v) is 7.87. The summed E-state index contributed by atoms with van der Waals surface area (Å²) >= 11 is 0. The smallest absolute Gasteiger partial charge is 0.303 e. The molecule has 0 saturated heterocycles. The number of aliphatic hydroxyl groups excluding tert-OH is 3. The Balaban J connectivity index is 2.30. The van der Waals surface area contributed by atoms with E-state index in [0.29, 0.717) is 32.1 Å². The minimum atomic E-state index is -0.772. The monoisotopic (exact) mass is 372 g/mol. The van der Waals surface area contributed by atoms with E-state index in [1.807, 2.05) is 0 Å². The SMILES string of the molecule is C[C@@H](O)CCC[C@H](O)CC[C@H]1[C@H](O)CC(=O)[C@@H]1CCCCCCC(=O)O. The summed E-state index contributed by atoms with van der Waals surface area (Å²) in [4.78, 5) is 22.7. The number of hydrogen-bond donors (Lipinski definition) is 4. The first-order valence-corrected chi connectivity index (χ1v) is 10.1. The fourth-order valence-electron chi connectivity index (χ4n) is 3.96. The molecule has 6 heteroatoms. The highest BCUT2D eigenvalue weighted by molar-refractivity contribution is 5.84. The first-order chi connectivity index (χ1) is 12.3. The molecule has 0 heterocycles. The average Bonchev–Trinajstić information content (AvgIpc) is 2.81. The molecule has 0 aromatic heterocycles. The molecule has 0 bridgehead atoms. The summed E-state index contributed by atoms with van der Waals surface area (Å²) in [6.45, 7) is 1.74. The summed E-state index contributed by atoms with van der Waals surface area (Å²) in [6, 6.07) is 0. The Hall–Kier alpha value is -0.980. The molecular formula is C20H36O6. The number of carboxylic acid groups (broad SMARTS) is 1. The van der Waals surface area contributed by atoms with Gasteiger partial charge in [-0.3, -0.25) is 9.59 Å². The summed E-state index contributed by atoms with van der Waals surface area (Å²) in [5.74, 6) is -0.857. The standard InChI is InChI=1S/C20H36O6/c1-14(21)7-6-8-15(22)11-12-17-16(18(23)13-19(17)24)9-4-2-3-5-10-20(25)26/h14-17,19,21-22,24H,2-13H2,1H3,(H,25,26)/t14-,15+,16-,17-,19-/m1/s1. The van der Waals surface area contributed by atoms with Gasteiger partial charge in [0.2, 0.25) is 0 Å². The van der Waals surface area contributed by atoms with Crippen LogP contribution in [0.1, 0.15) is 84.0 Å². The Labute approximate surface area is 156 Å². The van der Waals surface area contributed by atoms with E-state index in [9.17, 15) is 24.9 Å². The lowest BCUT2D eigenvalue weighted by atomic mass is 9.85. The number of aliphatic carboxylic acids is 1. The first kappa shape index (κ1) is 23.1. The Morgan fingerprint density at radius 1 is 1.04 bits per heavy atom. The van der Waals surface area contributed by atoms with Crippen molar-refractivity contribution < 1.29 is 30.0 Å². The van der Waals surface area contributed by atoms with Crippen LogP contribution in [0.4, 0.5) is 0 Å². The second kappa shape index (κ2) is 12.4. The van der Waals surface area contributed by atoms with Gasteiger partial charge in [-0.15, -0.1) is 0 Å². The Bertz CT molecular complexity index is 423. The summed E-state index contributed by atoms with van der Waals surface area (Å²) in [7, 11) is 0. The van der Waals surface area contributed by atoms with E-state index in [-0.39, 0.29) is 36.6 Å². The Morgan fingerprint density at radius 2 is 1.73 bits per heavy atom. The zero-order valence-corrected chi connectivity index (χ0v) is 16.0. The number of carbonyl (C=O) groups is 2. The summed E-state index contributed by atoms with van der Waals surface area (Å²) in [6.07, 6.45) is 6.32. The van der Waals surface area contributed by atoms with Crippen molar-refractivity contribution in [3.05, 3.63) is 0 Å². The third-order valence-electron chi connectivity index (χ3n) is 5.48. The lowest BCUT2D eigenvalue weighted by molar-refractivity contribution is -0.137. The van der Waals surface area contributed by atoms with E-state index < -0.39 is 18.2 Å². The van der Waals surface area contributed by atoms with Gasteiger partial charge in [0.05, 0.1) is 18.3 Å². The maximum absolute atomic E-state index is 12.2. The van der Waals surface area contributed by atoms with Crippen LogP contribution in [0.5, 0.6) is 0 Å². The maximum Gasteiger partial charge on any atom is 0.303 e. The molecule has 0 aromatic rings. The zero-order valence-electron chi connectivity index (χ0n) is 16.0. The molecule has 0 aliphatic heterocycles. The fourth-order valence-corrected chi connectivity index (χ4v) is 3.96. The van der Waals surface area contributed by atoms with E-state index in [4.69, 9.17) is 5.11 Å². The predicted molar refractivity (Wildman–Crippen MR) is 98.7 cm³/mol.